The minimum atomic E-state index is -0.112. The van der Waals surface area contributed by atoms with Crippen molar-refractivity contribution in [3.63, 3.8) is 0 Å². The van der Waals surface area contributed by atoms with Gasteiger partial charge in [0.2, 0.25) is 0 Å². The van der Waals surface area contributed by atoms with Gasteiger partial charge < -0.3 is 10.1 Å². The molecule has 0 saturated carbocycles. The van der Waals surface area contributed by atoms with Crippen LogP contribution in [0.4, 0.5) is 0 Å². The third-order valence-corrected chi connectivity index (χ3v) is 3.45. The van der Waals surface area contributed by atoms with Gasteiger partial charge in [-0.05, 0) is 44.5 Å². The lowest BCUT2D eigenvalue weighted by molar-refractivity contribution is -0.0139. The number of benzene rings is 2. The fourth-order valence-electron chi connectivity index (χ4n) is 2.22. The maximum atomic E-state index is 5.89. The van der Waals surface area contributed by atoms with Gasteiger partial charge in [-0.15, -0.1) is 0 Å². The topological polar surface area (TPSA) is 21.3 Å². The number of hydrogen-bond donors (Lipinski definition) is 1. The van der Waals surface area contributed by atoms with E-state index in [1.54, 1.807) is 0 Å². The molecule has 0 amide bonds. The van der Waals surface area contributed by atoms with E-state index in [9.17, 15) is 0 Å². The van der Waals surface area contributed by atoms with E-state index in [0.29, 0.717) is 6.61 Å². The second-order valence-electron chi connectivity index (χ2n) is 6.25. The molecule has 112 valence electrons. The SMILES string of the molecule is CNC(COC(C)(C)C)c1ccc(-c2ccccc2)cc1. The van der Waals surface area contributed by atoms with Gasteiger partial charge in [-0.1, -0.05) is 54.6 Å². The molecular formula is C19H25NO. The summed E-state index contributed by atoms with van der Waals surface area (Å²) in [6, 6.07) is 19.4. The first-order valence-corrected chi connectivity index (χ1v) is 7.46. The van der Waals surface area contributed by atoms with Crippen LogP contribution in [0.3, 0.4) is 0 Å². The highest BCUT2D eigenvalue weighted by Gasteiger charge is 2.15. The van der Waals surface area contributed by atoms with Crippen molar-refractivity contribution in [3.8, 4) is 11.1 Å². The standard InChI is InChI=1S/C19H25NO/c1-19(2,3)21-14-18(20-4)17-12-10-16(11-13-17)15-8-6-5-7-9-15/h5-13,18,20H,14H2,1-4H3. The Morgan fingerprint density at radius 3 is 2.00 bits per heavy atom. The number of nitrogens with one attached hydrogen (secondary N) is 1. The zero-order valence-electron chi connectivity index (χ0n) is 13.4. The second-order valence-corrected chi connectivity index (χ2v) is 6.25. The summed E-state index contributed by atoms with van der Waals surface area (Å²) in [6.45, 7) is 6.92. The van der Waals surface area contributed by atoms with E-state index in [-0.39, 0.29) is 11.6 Å². The summed E-state index contributed by atoms with van der Waals surface area (Å²) in [5, 5.41) is 3.33. The molecule has 0 aromatic heterocycles. The fraction of sp³-hybridized carbons (Fsp3) is 0.368. The smallest absolute Gasteiger partial charge is 0.0668 e. The summed E-state index contributed by atoms with van der Waals surface area (Å²) in [5.41, 5.74) is 3.63. The summed E-state index contributed by atoms with van der Waals surface area (Å²) in [4.78, 5) is 0. The molecular weight excluding hydrogens is 258 g/mol. The van der Waals surface area contributed by atoms with Gasteiger partial charge in [0, 0.05) is 0 Å². The largest absolute Gasteiger partial charge is 0.374 e. The van der Waals surface area contributed by atoms with Gasteiger partial charge >= 0.3 is 0 Å². The molecule has 2 aromatic carbocycles. The van der Waals surface area contributed by atoms with Gasteiger partial charge in [-0.3, -0.25) is 0 Å². The normalized spacial score (nSPS) is 13.1. The van der Waals surface area contributed by atoms with Crippen LogP contribution in [0.15, 0.2) is 54.6 Å². The Hall–Kier alpha value is -1.64. The Balaban J connectivity index is 2.10. The van der Waals surface area contributed by atoms with E-state index >= 15 is 0 Å². The molecule has 1 atom stereocenters. The first-order chi connectivity index (χ1) is 9.99. The van der Waals surface area contributed by atoms with Crippen LogP contribution < -0.4 is 5.32 Å². The molecule has 0 fully saturated rings. The Labute approximate surface area is 128 Å². The van der Waals surface area contributed by atoms with Crippen molar-refractivity contribution < 1.29 is 4.74 Å². The minimum absolute atomic E-state index is 0.112. The average Bonchev–Trinajstić information content (AvgIpc) is 2.48. The molecule has 21 heavy (non-hydrogen) atoms. The molecule has 0 aliphatic heterocycles. The molecule has 0 spiro atoms. The third-order valence-electron chi connectivity index (χ3n) is 3.45. The molecule has 2 nitrogen and oxygen atoms in total. The van der Waals surface area contributed by atoms with E-state index in [1.807, 2.05) is 13.1 Å². The molecule has 0 bridgehead atoms. The summed E-state index contributed by atoms with van der Waals surface area (Å²) in [5.74, 6) is 0. The highest BCUT2D eigenvalue weighted by Crippen LogP contribution is 2.22. The van der Waals surface area contributed by atoms with Crippen LogP contribution in [0.25, 0.3) is 11.1 Å². The molecule has 0 aliphatic rings. The summed E-state index contributed by atoms with van der Waals surface area (Å²) in [7, 11) is 1.97. The predicted molar refractivity (Wildman–Crippen MR) is 89.4 cm³/mol. The molecule has 2 rings (SSSR count). The van der Waals surface area contributed by atoms with E-state index in [2.05, 4.69) is 74.6 Å². The van der Waals surface area contributed by atoms with Crippen molar-refractivity contribution in [1.29, 1.82) is 0 Å². The van der Waals surface area contributed by atoms with Crippen molar-refractivity contribution in [2.24, 2.45) is 0 Å². The summed E-state index contributed by atoms with van der Waals surface area (Å²) in [6.07, 6.45) is 0. The maximum absolute atomic E-state index is 5.89. The van der Waals surface area contributed by atoms with Crippen LogP contribution >= 0.6 is 0 Å². The monoisotopic (exact) mass is 283 g/mol. The van der Waals surface area contributed by atoms with Gasteiger partial charge in [-0.2, -0.15) is 0 Å². The van der Waals surface area contributed by atoms with Crippen LogP contribution in [0.5, 0.6) is 0 Å². The number of likely N-dealkylation sites (N-methyl/N-ethyl adjacent to an activating group) is 1. The van der Waals surface area contributed by atoms with Crippen LogP contribution in [-0.2, 0) is 4.74 Å². The third kappa shape index (κ3) is 4.69. The van der Waals surface area contributed by atoms with Gasteiger partial charge in [0.1, 0.15) is 0 Å². The summed E-state index contributed by atoms with van der Waals surface area (Å²) < 4.78 is 5.89. The molecule has 0 aliphatic carbocycles. The molecule has 0 heterocycles. The molecule has 0 radical (unpaired) electrons. The Kier molecular flexibility index (Phi) is 5.16. The van der Waals surface area contributed by atoms with Crippen LogP contribution in [0, 0.1) is 0 Å². The number of hydrogen-bond acceptors (Lipinski definition) is 2. The van der Waals surface area contributed by atoms with E-state index in [4.69, 9.17) is 4.74 Å². The Bertz CT molecular complexity index is 540. The summed E-state index contributed by atoms with van der Waals surface area (Å²) >= 11 is 0. The van der Waals surface area contributed by atoms with Gasteiger partial charge in [0.15, 0.2) is 0 Å². The van der Waals surface area contributed by atoms with Crippen LogP contribution in [0.1, 0.15) is 32.4 Å². The van der Waals surface area contributed by atoms with Crippen LogP contribution in [-0.4, -0.2) is 19.3 Å². The minimum Gasteiger partial charge on any atom is -0.374 e. The van der Waals surface area contributed by atoms with Gasteiger partial charge in [0.05, 0.1) is 18.2 Å². The lowest BCUT2D eigenvalue weighted by Gasteiger charge is -2.24. The van der Waals surface area contributed by atoms with Crippen molar-refractivity contribution >= 4 is 0 Å². The molecule has 2 heteroatoms. The number of ether oxygens (including phenoxy) is 1. The first kappa shape index (κ1) is 15.7. The van der Waals surface area contributed by atoms with Crippen molar-refractivity contribution in [1.82, 2.24) is 5.32 Å². The molecule has 2 aromatic rings. The fourth-order valence-corrected chi connectivity index (χ4v) is 2.22. The zero-order chi connectivity index (χ0) is 15.3. The van der Waals surface area contributed by atoms with Gasteiger partial charge in [0.25, 0.3) is 0 Å². The Morgan fingerprint density at radius 2 is 1.48 bits per heavy atom. The average molecular weight is 283 g/mol. The Morgan fingerprint density at radius 1 is 0.905 bits per heavy atom. The van der Waals surface area contributed by atoms with Gasteiger partial charge in [-0.25, -0.2) is 0 Å². The lowest BCUT2D eigenvalue weighted by atomic mass is 10.0. The first-order valence-electron chi connectivity index (χ1n) is 7.46. The van der Waals surface area contributed by atoms with Crippen molar-refractivity contribution in [3.05, 3.63) is 60.2 Å². The maximum Gasteiger partial charge on any atom is 0.0668 e. The molecule has 1 N–H and O–H groups in total. The van der Waals surface area contributed by atoms with E-state index < -0.39 is 0 Å². The number of rotatable bonds is 5. The molecule has 1 unspecified atom stereocenters. The quantitative estimate of drug-likeness (QED) is 0.876. The predicted octanol–water partition coefficient (Wildman–Crippen LogP) is 4.43. The van der Waals surface area contributed by atoms with Crippen molar-refractivity contribution in [2.75, 3.05) is 13.7 Å². The van der Waals surface area contributed by atoms with E-state index in [1.165, 1.54) is 16.7 Å². The second kappa shape index (κ2) is 6.88. The molecule has 0 saturated heterocycles. The van der Waals surface area contributed by atoms with E-state index in [0.717, 1.165) is 0 Å². The zero-order valence-corrected chi connectivity index (χ0v) is 13.4. The lowest BCUT2D eigenvalue weighted by Crippen LogP contribution is -2.28. The highest BCUT2D eigenvalue weighted by atomic mass is 16.5. The van der Waals surface area contributed by atoms with Crippen LogP contribution in [0.2, 0.25) is 0 Å². The van der Waals surface area contributed by atoms with Crippen molar-refractivity contribution in [2.45, 2.75) is 32.4 Å². The highest BCUT2D eigenvalue weighted by molar-refractivity contribution is 5.63.